The Labute approximate surface area is 101 Å². The highest BCUT2D eigenvalue weighted by Gasteiger charge is 2.29. The van der Waals surface area contributed by atoms with Crippen LogP contribution in [0.3, 0.4) is 0 Å². The minimum atomic E-state index is 0.270. The van der Waals surface area contributed by atoms with Crippen LogP contribution >= 0.6 is 0 Å². The van der Waals surface area contributed by atoms with Crippen molar-refractivity contribution >= 4 is 11.4 Å². The number of allylic oxidation sites excluding steroid dienone is 2. The summed E-state index contributed by atoms with van der Waals surface area (Å²) in [5, 5.41) is 0. The van der Waals surface area contributed by atoms with E-state index in [1.165, 1.54) is 5.56 Å². The van der Waals surface area contributed by atoms with Gasteiger partial charge in [-0.15, -0.1) is 0 Å². The molecule has 1 aromatic carbocycles. The smallest absolute Gasteiger partial charge is 0.163 e. The van der Waals surface area contributed by atoms with Crippen molar-refractivity contribution in [1.29, 1.82) is 0 Å². The Morgan fingerprint density at radius 2 is 2.12 bits per heavy atom. The molecule has 3 rings (SSSR count). The lowest BCUT2D eigenvalue weighted by Crippen LogP contribution is -2.06. The summed E-state index contributed by atoms with van der Waals surface area (Å²) < 4.78 is 5.85. The molecule has 1 heterocycles. The van der Waals surface area contributed by atoms with Crippen molar-refractivity contribution in [3.8, 4) is 5.75 Å². The van der Waals surface area contributed by atoms with Crippen molar-refractivity contribution in [2.75, 3.05) is 6.61 Å². The van der Waals surface area contributed by atoms with Gasteiger partial charge >= 0.3 is 0 Å². The van der Waals surface area contributed by atoms with Gasteiger partial charge in [-0.05, 0) is 43.4 Å². The fourth-order valence-electron chi connectivity index (χ4n) is 2.82. The van der Waals surface area contributed by atoms with E-state index in [9.17, 15) is 4.79 Å². The molecule has 1 aliphatic heterocycles. The highest BCUT2D eigenvalue weighted by atomic mass is 16.5. The van der Waals surface area contributed by atoms with Crippen LogP contribution in [0.25, 0.3) is 5.57 Å². The van der Waals surface area contributed by atoms with Gasteiger partial charge in [0.15, 0.2) is 5.78 Å². The average Bonchev–Trinajstić information content (AvgIpc) is 2.61. The Morgan fingerprint density at radius 1 is 1.29 bits per heavy atom. The fraction of sp³-hybridized carbons (Fsp3) is 0.400. The second-order valence-electron chi connectivity index (χ2n) is 5.06. The van der Waals surface area contributed by atoms with E-state index in [-0.39, 0.29) is 5.78 Å². The van der Waals surface area contributed by atoms with Gasteiger partial charge < -0.3 is 4.74 Å². The third kappa shape index (κ3) is 1.68. The largest absolute Gasteiger partial charge is 0.493 e. The molecule has 2 heteroatoms. The van der Waals surface area contributed by atoms with Crippen molar-refractivity contribution in [2.45, 2.75) is 26.7 Å². The molecule has 0 saturated heterocycles. The maximum absolute atomic E-state index is 12.0. The predicted octanol–water partition coefficient (Wildman–Crippen LogP) is 3.06. The van der Waals surface area contributed by atoms with Gasteiger partial charge in [0.2, 0.25) is 0 Å². The fourth-order valence-corrected chi connectivity index (χ4v) is 2.82. The highest BCUT2D eigenvalue weighted by Crippen LogP contribution is 2.39. The first-order valence-electron chi connectivity index (χ1n) is 6.14. The van der Waals surface area contributed by atoms with Crippen LogP contribution < -0.4 is 4.74 Å². The van der Waals surface area contributed by atoms with Gasteiger partial charge in [0.1, 0.15) is 5.75 Å². The first-order valence-corrected chi connectivity index (χ1v) is 6.14. The summed E-state index contributed by atoms with van der Waals surface area (Å²) in [4.78, 5) is 12.0. The first kappa shape index (κ1) is 10.6. The lowest BCUT2D eigenvalue weighted by atomic mass is 9.98. The standard InChI is InChI=1S/C15H16O2/c1-9-5-10(2)15-13(6-9)12-7-11(3-4-17-15)8-14(12)16/h5-7,11H,3-4,8H2,1-2H3/t11-/m1/s1. The van der Waals surface area contributed by atoms with Crippen LogP contribution in [-0.4, -0.2) is 12.4 Å². The van der Waals surface area contributed by atoms with E-state index in [0.29, 0.717) is 18.9 Å². The van der Waals surface area contributed by atoms with Crippen LogP contribution in [0.1, 0.15) is 29.5 Å². The number of fused-ring (bicyclic) bond motifs is 3. The van der Waals surface area contributed by atoms with E-state index in [4.69, 9.17) is 4.74 Å². The molecule has 1 aromatic rings. The molecule has 2 nitrogen and oxygen atoms in total. The maximum atomic E-state index is 12.0. The molecule has 2 aliphatic rings. The van der Waals surface area contributed by atoms with Crippen LogP contribution in [0, 0.1) is 19.8 Å². The number of hydrogen-bond donors (Lipinski definition) is 0. The van der Waals surface area contributed by atoms with E-state index >= 15 is 0 Å². The number of ketones is 1. The maximum Gasteiger partial charge on any atom is 0.163 e. The molecule has 0 saturated carbocycles. The molecule has 0 N–H and O–H groups in total. The zero-order chi connectivity index (χ0) is 12.0. The zero-order valence-corrected chi connectivity index (χ0v) is 10.2. The van der Waals surface area contributed by atoms with Gasteiger partial charge in [-0.1, -0.05) is 12.1 Å². The third-order valence-corrected chi connectivity index (χ3v) is 3.59. The van der Waals surface area contributed by atoms with Crippen LogP contribution in [0.15, 0.2) is 18.2 Å². The molecule has 1 atom stereocenters. The highest BCUT2D eigenvalue weighted by molar-refractivity contribution is 6.23. The van der Waals surface area contributed by atoms with E-state index in [2.05, 4.69) is 25.1 Å². The van der Waals surface area contributed by atoms with Crippen LogP contribution in [0.5, 0.6) is 5.75 Å². The quantitative estimate of drug-likeness (QED) is 0.682. The molecular weight excluding hydrogens is 212 g/mol. The molecule has 0 spiro atoms. The molecule has 17 heavy (non-hydrogen) atoms. The van der Waals surface area contributed by atoms with Crippen LogP contribution in [0.4, 0.5) is 0 Å². The monoisotopic (exact) mass is 228 g/mol. The normalized spacial score (nSPS) is 22.4. The second kappa shape index (κ2) is 3.73. The van der Waals surface area contributed by atoms with Gasteiger partial charge in [-0.3, -0.25) is 4.79 Å². The average molecular weight is 228 g/mol. The number of hydrogen-bond acceptors (Lipinski definition) is 2. The predicted molar refractivity (Wildman–Crippen MR) is 67.1 cm³/mol. The minimum absolute atomic E-state index is 0.270. The van der Waals surface area contributed by atoms with Crippen LogP contribution in [-0.2, 0) is 4.79 Å². The van der Waals surface area contributed by atoms with Crippen LogP contribution in [0.2, 0.25) is 0 Å². The number of carbonyl (C=O) groups is 1. The molecule has 0 radical (unpaired) electrons. The number of carbonyl (C=O) groups excluding carboxylic acids is 1. The van der Waals surface area contributed by atoms with Crippen molar-refractivity contribution in [1.82, 2.24) is 0 Å². The van der Waals surface area contributed by atoms with Gasteiger partial charge in [0.25, 0.3) is 0 Å². The molecule has 88 valence electrons. The van der Waals surface area contributed by atoms with Crippen molar-refractivity contribution < 1.29 is 9.53 Å². The number of aryl methyl sites for hydroxylation is 2. The topological polar surface area (TPSA) is 26.3 Å². The Hall–Kier alpha value is -1.57. The molecule has 0 aromatic heterocycles. The summed E-state index contributed by atoms with van der Waals surface area (Å²) >= 11 is 0. The molecule has 2 bridgehead atoms. The molecule has 1 aliphatic carbocycles. The zero-order valence-electron chi connectivity index (χ0n) is 10.2. The van der Waals surface area contributed by atoms with Gasteiger partial charge in [0, 0.05) is 17.6 Å². The van der Waals surface area contributed by atoms with E-state index in [1.807, 2.05) is 6.92 Å². The van der Waals surface area contributed by atoms with Gasteiger partial charge in [-0.25, -0.2) is 0 Å². The molecular formula is C15H16O2. The second-order valence-corrected chi connectivity index (χ2v) is 5.06. The van der Waals surface area contributed by atoms with E-state index in [0.717, 1.165) is 28.9 Å². The summed E-state index contributed by atoms with van der Waals surface area (Å²) in [6.45, 7) is 4.81. The summed E-state index contributed by atoms with van der Waals surface area (Å²) in [6, 6.07) is 4.18. The van der Waals surface area contributed by atoms with Gasteiger partial charge in [0.05, 0.1) is 6.61 Å². The molecule has 0 unspecified atom stereocenters. The van der Waals surface area contributed by atoms with Crippen molar-refractivity contribution in [3.05, 3.63) is 34.9 Å². The summed E-state index contributed by atoms with van der Waals surface area (Å²) in [5.74, 6) is 1.55. The number of rotatable bonds is 0. The first-order chi connectivity index (χ1) is 8.15. The number of benzene rings is 1. The Morgan fingerprint density at radius 3 is 2.94 bits per heavy atom. The lowest BCUT2D eigenvalue weighted by molar-refractivity contribution is -0.113. The third-order valence-electron chi connectivity index (χ3n) is 3.59. The minimum Gasteiger partial charge on any atom is -0.493 e. The Bertz CT molecular complexity index is 526. The lowest BCUT2D eigenvalue weighted by Gasteiger charge is -2.17. The SMILES string of the molecule is Cc1cc(C)c2c(c1)C1=C[C@@H](CCO2)CC1=O. The molecule has 0 amide bonds. The van der Waals surface area contributed by atoms with Gasteiger partial charge in [-0.2, -0.15) is 0 Å². The summed E-state index contributed by atoms with van der Waals surface area (Å²) in [7, 11) is 0. The van der Waals surface area contributed by atoms with E-state index < -0.39 is 0 Å². The van der Waals surface area contributed by atoms with E-state index in [1.54, 1.807) is 0 Å². The molecule has 0 fully saturated rings. The van der Waals surface area contributed by atoms with Crippen molar-refractivity contribution in [2.24, 2.45) is 5.92 Å². The van der Waals surface area contributed by atoms with Crippen molar-refractivity contribution in [3.63, 3.8) is 0 Å². The number of Topliss-reactive ketones (excluding diaryl/α,β-unsaturated/α-hetero) is 1. The number of ether oxygens (including phenoxy) is 1. The Kier molecular flexibility index (Phi) is 2.32. The Balaban J connectivity index is 2.22. The summed E-state index contributed by atoms with van der Waals surface area (Å²) in [6.07, 6.45) is 3.75. The summed E-state index contributed by atoms with van der Waals surface area (Å²) in [5.41, 5.74) is 4.17.